The second-order valence-electron chi connectivity index (χ2n) is 4.66. The molecule has 0 saturated heterocycles. The molecule has 0 aliphatic heterocycles. The topological polar surface area (TPSA) is 88.5 Å². The summed E-state index contributed by atoms with van der Waals surface area (Å²) in [5.41, 5.74) is 0.453. The number of aromatic carboxylic acids is 1. The predicted octanol–water partition coefficient (Wildman–Crippen LogP) is 2.41. The first-order chi connectivity index (χ1) is 10.5. The molecule has 1 unspecified atom stereocenters. The Morgan fingerprint density at radius 3 is 2.64 bits per heavy atom. The molecule has 0 bridgehead atoms. The van der Waals surface area contributed by atoms with Crippen molar-refractivity contribution >= 4 is 23.2 Å². The molecular formula is C15H16N2O4S. The third-order valence-corrected chi connectivity index (χ3v) is 4.20. The van der Waals surface area contributed by atoms with Crippen molar-refractivity contribution in [2.75, 3.05) is 6.61 Å². The minimum absolute atomic E-state index is 0.107. The van der Waals surface area contributed by atoms with Gasteiger partial charge < -0.3 is 15.2 Å². The van der Waals surface area contributed by atoms with Gasteiger partial charge in [0.05, 0.1) is 11.7 Å². The van der Waals surface area contributed by atoms with Gasteiger partial charge in [0.25, 0.3) is 5.91 Å². The zero-order chi connectivity index (χ0) is 16.1. The molecule has 0 aliphatic carbocycles. The van der Waals surface area contributed by atoms with E-state index in [-0.39, 0.29) is 23.4 Å². The molecule has 0 saturated carbocycles. The number of aryl methyl sites for hydroxylation is 1. The normalized spacial score (nSPS) is 11.7. The number of rotatable bonds is 6. The quantitative estimate of drug-likeness (QED) is 0.853. The van der Waals surface area contributed by atoms with Crippen LogP contribution in [0.3, 0.4) is 0 Å². The Morgan fingerprint density at radius 2 is 2.05 bits per heavy atom. The van der Waals surface area contributed by atoms with Crippen LogP contribution in [-0.2, 0) is 4.79 Å². The number of aromatic nitrogens is 1. The van der Waals surface area contributed by atoms with E-state index in [0.29, 0.717) is 16.5 Å². The van der Waals surface area contributed by atoms with Gasteiger partial charge in [-0.15, -0.1) is 11.3 Å². The summed E-state index contributed by atoms with van der Waals surface area (Å²) in [6, 6.07) is 8.66. The molecule has 6 nitrogen and oxygen atoms in total. The van der Waals surface area contributed by atoms with Gasteiger partial charge >= 0.3 is 5.97 Å². The molecule has 1 aromatic heterocycles. The van der Waals surface area contributed by atoms with Crippen molar-refractivity contribution in [1.29, 1.82) is 0 Å². The van der Waals surface area contributed by atoms with E-state index < -0.39 is 5.97 Å². The van der Waals surface area contributed by atoms with Crippen molar-refractivity contribution in [3.05, 3.63) is 45.9 Å². The van der Waals surface area contributed by atoms with Gasteiger partial charge in [0.1, 0.15) is 15.6 Å². The molecule has 1 heterocycles. The van der Waals surface area contributed by atoms with Crippen LogP contribution in [0.4, 0.5) is 0 Å². The van der Waals surface area contributed by atoms with E-state index in [4.69, 9.17) is 9.84 Å². The molecule has 0 radical (unpaired) electrons. The summed E-state index contributed by atoms with van der Waals surface area (Å²) >= 11 is 1.07. The van der Waals surface area contributed by atoms with Gasteiger partial charge in [0.15, 0.2) is 6.61 Å². The van der Waals surface area contributed by atoms with Gasteiger partial charge in [-0.25, -0.2) is 9.78 Å². The molecule has 1 atom stereocenters. The average Bonchev–Trinajstić information content (AvgIpc) is 2.88. The van der Waals surface area contributed by atoms with Crippen molar-refractivity contribution in [3.63, 3.8) is 0 Å². The van der Waals surface area contributed by atoms with Crippen LogP contribution in [-0.4, -0.2) is 28.6 Å². The second-order valence-corrected chi connectivity index (χ2v) is 5.69. The summed E-state index contributed by atoms with van der Waals surface area (Å²) in [7, 11) is 0. The third kappa shape index (κ3) is 4.05. The highest BCUT2D eigenvalue weighted by Gasteiger charge is 2.19. The molecular weight excluding hydrogens is 304 g/mol. The lowest BCUT2D eigenvalue weighted by Crippen LogP contribution is -2.31. The summed E-state index contributed by atoms with van der Waals surface area (Å²) < 4.78 is 5.35. The fraction of sp³-hybridized carbons (Fsp3) is 0.267. The molecule has 22 heavy (non-hydrogen) atoms. The first-order valence-electron chi connectivity index (χ1n) is 6.65. The number of hydrogen-bond acceptors (Lipinski definition) is 5. The lowest BCUT2D eigenvalue weighted by Gasteiger charge is -2.11. The first-order valence-corrected chi connectivity index (χ1v) is 7.47. The molecule has 0 spiro atoms. The summed E-state index contributed by atoms with van der Waals surface area (Å²) in [6.07, 6.45) is 0. The highest BCUT2D eigenvalue weighted by molar-refractivity contribution is 7.13. The summed E-state index contributed by atoms with van der Waals surface area (Å²) in [5, 5.41) is 12.3. The number of amides is 1. The van der Waals surface area contributed by atoms with Gasteiger partial charge in [-0.3, -0.25) is 4.79 Å². The van der Waals surface area contributed by atoms with Crippen LogP contribution in [0.5, 0.6) is 5.75 Å². The van der Waals surface area contributed by atoms with Crippen molar-refractivity contribution in [2.45, 2.75) is 19.9 Å². The monoisotopic (exact) mass is 320 g/mol. The molecule has 7 heteroatoms. The molecule has 1 amide bonds. The number of benzene rings is 1. The largest absolute Gasteiger partial charge is 0.484 e. The van der Waals surface area contributed by atoms with Crippen LogP contribution in [0.1, 0.15) is 33.3 Å². The SMILES string of the molecule is Cc1nc(C(C)NC(=O)COc2ccccc2)sc1C(=O)O. The predicted molar refractivity (Wildman–Crippen MR) is 82.3 cm³/mol. The van der Waals surface area contributed by atoms with E-state index in [1.54, 1.807) is 26.0 Å². The van der Waals surface area contributed by atoms with E-state index >= 15 is 0 Å². The fourth-order valence-electron chi connectivity index (χ4n) is 1.81. The van der Waals surface area contributed by atoms with Crippen molar-refractivity contribution in [2.24, 2.45) is 0 Å². The van der Waals surface area contributed by atoms with Gasteiger partial charge in [-0.05, 0) is 26.0 Å². The number of carboxylic acid groups (broad SMARTS) is 1. The highest BCUT2D eigenvalue weighted by Crippen LogP contribution is 2.23. The minimum atomic E-state index is -1.01. The Kier molecular flexibility index (Phi) is 5.11. The molecule has 2 rings (SSSR count). The number of carboxylic acids is 1. The number of carbonyl (C=O) groups is 2. The van der Waals surface area contributed by atoms with Crippen LogP contribution in [0, 0.1) is 6.92 Å². The lowest BCUT2D eigenvalue weighted by molar-refractivity contribution is -0.123. The number of carbonyl (C=O) groups excluding carboxylic acids is 1. The molecule has 1 aromatic carbocycles. The Bertz CT molecular complexity index is 669. The standard InChI is InChI=1S/C15H16N2O4S/c1-9-13(15(19)20)22-14(17-9)10(2)16-12(18)8-21-11-6-4-3-5-7-11/h3-7,10H,8H2,1-2H3,(H,16,18)(H,19,20). The Hall–Kier alpha value is -2.41. The number of hydrogen-bond donors (Lipinski definition) is 2. The zero-order valence-corrected chi connectivity index (χ0v) is 13.0. The maximum Gasteiger partial charge on any atom is 0.347 e. The van der Waals surface area contributed by atoms with Crippen LogP contribution >= 0.6 is 11.3 Å². The van der Waals surface area contributed by atoms with Gasteiger partial charge in [-0.1, -0.05) is 18.2 Å². The summed E-state index contributed by atoms with van der Waals surface area (Å²) in [6.45, 7) is 3.28. The molecule has 2 N–H and O–H groups in total. The Labute approximate surface area is 131 Å². The van der Waals surface area contributed by atoms with Crippen LogP contribution in [0.25, 0.3) is 0 Å². The van der Waals surface area contributed by atoms with E-state index in [9.17, 15) is 9.59 Å². The second kappa shape index (κ2) is 7.04. The van der Waals surface area contributed by atoms with Crippen molar-refractivity contribution < 1.29 is 19.4 Å². The van der Waals surface area contributed by atoms with Crippen LogP contribution in [0.2, 0.25) is 0 Å². The van der Waals surface area contributed by atoms with Crippen molar-refractivity contribution in [1.82, 2.24) is 10.3 Å². The Balaban J connectivity index is 1.91. The van der Waals surface area contributed by atoms with Crippen LogP contribution < -0.4 is 10.1 Å². The zero-order valence-electron chi connectivity index (χ0n) is 12.2. The molecule has 2 aromatic rings. The number of thiazole rings is 1. The smallest absolute Gasteiger partial charge is 0.347 e. The maximum atomic E-state index is 11.9. The Morgan fingerprint density at radius 1 is 1.36 bits per heavy atom. The average molecular weight is 320 g/mol. The van der Waals surface area contributed by atoms with Gasteiger partial charge in [0, 0.05) is 0 Å². The van der Waals surface area contributed by atoms with E-state index in [1.165, 1.54) is 0 Å². The summed E-state index contributed by atoms with van der Waals surface area (Å²) in [4.78, 5) is 27.2. The van der Waals surface area contributed by atoms with E-state index in [2.05, 4.69) is 10.3 Å². The third-order valence-electron chi connectivity index (χ3n) is 2.87. The fourth-order valence-corrected chi connectivity index (χ4v) is 2.72. The lowest BCUT2D eigenvalue weighted by atomic mass is 10.3. The number of nitrogens with one attached hydrogen (secondary N) is 1. The first kappa shape index (κ1) is 16.0. The minimum Gasteiger partial charge on any atom is -0.484 e. The summed E-state index contributed by atoms with van der Waals surface area (Å²) in [5.74, 6) is -0.683. The van der Waals surface area contributed by atoms with E-state index in [1.807, 2.05) is 18.2 Å². The molecule has 0 aliphatic rings. The van der Waals surface area contributed by atoms with Gasteiger partial charge in [0.2, 0.25) is 0 Å². The molecule has 0 fully saturated rings. The van der Waals surface area contributed by atoms with Crippen molar-refractivity contribution in [3.8, 4) is 5.75 Å². The maximum absolute atomic E-state index is 11.9. The van der Waals surface area contributed by atoms with E-state index in [0.717, 1.165) is 11.3 Å². The molecule has 116 valence electrons. The highest BCUT2D eigenvalue weighted by atomic mass is 32.1. The van der Waals surface area contributed by atoms with Gasteiger partial charge in [-0.2, -0.15) is 0 Å². The number of para-hydroxylation sites is 1. The van der Waals surface area contributed by atoms with Crippen LogP contribution in [0.15, 0.2) is 30.3 Å². The number of ether oxygens (including phenoxy) is 1. The number of nitrogens with zero attached hydrogens (tertiary/aromatic N) is 1.